The Bertz CT molecular complexity index is 1290. The fourth-order valence-corrected chi connectivity index (χ4v) is 5.66. The Kier molecular flexibility index (Phi) is 4.06. The number of ether oxygens (including phenoxy) is 1. The molecule has 5 rings (SSSR count). The summed E-state index contributed by atoms with van der Waals surface area (Å²) in [4.78, 5) is 17.3. The highest BCUT2D eigenvalue weighted by molar-refractivity contribution is 7.91. The SMILES string of the molecule is Cc1nn([C@@H]2CCS(=O)(=O)C2)c2ncc(/C=C3\COc4ccccc4C3=O)cc12. The molecule has 4 heterocycles. The minimum atomic E-state index is -3.01. The van der Waals surface area contributed by atoms with Crippen molar-refractivity contribution in [2.24, 2.45) is 0 Å². The molecule has 8 heteroatoms. The van der Waals surface area contributed by atoms with Gasteiger partial charge in [-0.1, -0.05) is 12.1 Å². The number of carbonyl (C=O) groups is 1. The van der Waals surface area contributed by atoms with E-state index in [0.717, 1.165) is 16.6 Å². The van der Waals surface area contributed by atoms with Gasteiger partial charge in [0.1, 0.15) is 12.4 Å². The largest absolute Gasteiger partial charge is 0.488 e. The van der Waals surface area contributed by atoms with Gasteiger partial charge < -0.3 is 4.74 Å². The second-order valence-electron chi connectivity index (χ2n) is 7.51. The Morgan fingerprint density at radius 3 is 2.90 bits per heavy atom. The summed E-state index contributed by atoms with van der Waals surface area (Å²) in [6, 6.07) is 8.96. The predicted octanol–water partition coefficient (Wildman–Crippen LogP) is 2.76. The summed E-state index contributed by atoms with van der Waals surface area (Å²) in [5.41, 5.74) is 3.37. The van der Waals surface area contributed by atoms with E-state index in [1.807, 2.05) is 25.1 Å². The number of sulfone groups is 1. The van der Waals surface area contributed by atoms with Gasteiger partial charge in [0, 0.05) is 17.2 Å². The molecule has 2 aliphatic heterocycles. The molecule has 0 radical (unpaired) electrons. The van der Waals surface area contributed by atoms with E-state index in [2.05, 4.69) is 10.1 Å². The lowest BCUT2D eigenvalue weighted by atomic mass is 9.98. The standard InChI is InChI=1S/C21H19N3O4S/c1-13-18-9-14(8-15-11-28-19-5-3-2-4-17(19)20(15)25)10-22-21(18)24(23-13)16-6-7-29(26,27)12-16/h2-5,8-10,16H,6-7,11-12H2,1H3/b15-8+/t16-/m1/s1. The molecule has 148 valence electrons. The molecule has 2 aromatic heterocycles. The minimum Gasteiger partial charge on any atom is -0.488 e. The molecule has 7 nitrogen and oxygen atoms in total. The first-order valence-corrected chi connectivity index (χ1v) is 11.3. The maximum atomic E-state index is 12.7. The van der Waals surface area contributed by atoms with Gasteiger partial charge in [0.25, 0.3) is 0 Å². The second-order valence-corrected chi connectivity index (χ2v) is 9.74. The molecule has 0 amide bonds. The summed E-state index contributed by atoms with van der Waals surface area (Å²) in [6.45, 7) is 2.10. The number of rotatable bonds is 2. The lowest BCUT2D eigenvalue weighted by Crippen LogP contribution is -2.18. The van der Waals surface area contributed by atoms with Crippen molar-refractivity contribution in [3.63, 3.8) is 0 Å². The van der Waals surface area contributed by atoms with Crippen LogP contribution in [0.5, 0.6) is 5.75 Å². The maximum Gasteiger partial charge on any atom is 0.196 e. The average molecular weight is 409 g/mol. The first-order chi connectivity index (χ1) is 13.9. The van der Waals surface area contributed by atoms with E-state index in [4.69, 9.17) is 4.74 Å². The van der Waals surface area contributed by atoms with Gasteiger partial charge in [-0.25, -0.2) is 18.1 Å². The first kappa shape index (κ1) is 18.1. The number of para-hydroxylation sites is 1. The Balaban J connectivity index is 1.51. The molecular formula is C21H19N3O4S. The van der Waals surface area contributed by atoms with Crippen LogP contribution in [0.4, 0.5) is 0 Å². The fourth-order valence-electron chi connectivity index (χ4n) is 3.97. The van der Waals surface area contributed by atoms with E-state index in [-0.39, 0.29) is 29.9 Å². The Morgan fingerprint density at radius 1 is 1.28 bits per heavy atom. The summed E-state index contributed by atoms with van der Waals surface area (Å²) in [5, 5.41) is 5.40. The molecule has 2 aliphatic rings. The van der Waals surface area contributed by atoms with Crippen molar-refractivity contribution in [1.29, 1.82) is 0 Å². The van der Waals surface area contributed by atoms with E-state index in [1.54, 1.807) is 29.1 Å². The van der Waals surface area contributed by atoms with Gasteiger partial charge in [0.15, 0.2) is 21.3 Å². The number of aromatic nitrogens is 3. The van der Waals surface area contributed by atoms with Gasteiger partial charge >= 0.3 is 0 Å². The van der Waals surface area contributed by atoms with Crippen LogP contribution < -0.4 is 4.74 Å². The van der Waals surface area contributed by atoms with Crippen LogP contribution in [0, 0.1) is 6.92 Å². The van der Waals surface area contributed by atoms with Gasteiger partial charge in [-0.3, -0.25) is 4.79 Å². The number of carbonyl (C=O) groups excluding carboxylic acids is 1. The topological polar surface area (TPSA) is 91.2 Å². The maximum absolute atomic E-state index is 12.7. The molecule has 1 atom stereocenters. The smallest absolute Gasteiger partial charge is 0.196 e. The van der Waals surface area contributed by atoms with Crippen molar-refractivity contribution in [2.45, 2.75) is 19.4 Å². The number of hydrogen-bond donors (Lipinski definition) is 0. The molecule has 29 heavy (non-hydrogen) atoms. The zero-order valence-electron chi connectivity index (χ0n) is 15.8. The van der Waals surface area contributed by atoms with E-state index >= 15 is 0 Å². The van der Waals surface area contributed by atoms with Crippen LogP contribution in [-0.2, 0) is 9.84 Å². The Morgan fingerprint density at radius 2 is 2.10 bits per heavy atom. The average Bonchev–Trinajstić information content (AvgIpc) is 3.23. The third-order valence-corrected chi connectivity index (χ3v) is 7.20. The summed E-state index contributed by atoms with van der Waals surface area (Å²) in [5.74, 6) is 0.843. The van der Waals surface area contributed by atoms with Crippen molar-refractivity contribution in [3.05, 3.63) is 58.9 Å². The predicted molar refractivity (Wildman–Crippen MR) is 109 cm³/mol. The summed E-state index contributed by atoms with van der Waals surface area (Å²) >= 11 is 0. The van der Waals surface area contributed by atoms with Crippen LogP contribution in [0.15, 0.2) is 42.1 Å². The zero-order chi connectivity index (χ0) is 20.2. The molecule has 0 unspecified atom stereocenters. The molecular weight excluding hydrogens is 390 g/mol. The second kappa shape index (κ2) is 6.52. The van der Waals surface area contributed by atoms with Crippen LogP contribution in [0.2, 0.25) is 0 Å². The molecule has 1 saturated heterocycles. The highest BCUT2D eigenvalue weighted by Crippen LogP contribution is 2.30. The van der Waals surface area contributed by atoms with Crippen molar-refractivity contribution >= 4 is 32.7 Å². The first-order valence-electron chi connectivity index (χ1n) is 9.44. The molecule has 0 aliphatic carbocycles. The zero-order valence-corrected chi connectivity index (χ0v) is 16.6. The molecule has 0 saturated carbocycles. The molecule has 3 aromatic rings. The number of nitrogens with zero attached hydrogens (tertiary/aromatic N) is 3. The highest BCUT2D eigenvalue weighted by atomic mass is 32.2. The van der Waals surface area contributed by atoms with E-state index in [0.29, 0.717) is 29.0 Å². The van der Waals surface area contributed by atoms with Crippen LogP contribution in [0.25, 0.3) is 17.1 Å². The van der Waals surface area contributed by atoms with Crippen LogP contribution in [-0.4, -0.2) is 47.1 Å². The fraction of sp³-hybridized carbons (Fsp3) is 0.286. The molecule has 1 aromatic carbocycles. The molecule has 0 spiro atoms. The van der Waals surface area contributed by atoms with Crippen LogP contribution >= 0.6 is 0 Å². The Labute approximate surface area is 167 Å². The number of pyridine rings is 1. The van der Waals surface area contributed by atoms with Crippen molar-refractivity contribution in [2.75, 3.05) is 18.1 Å². The van der Waals surface area contributed by atoms with E-state index in [1.165, 1.54) is 0 Å². The van der Waals surface area contributed by atoms with Gasteiger partial charge in [-0.15, -0.1) is 0 Å². The summed E-state index contributed by atoms with van der Waals surface area (Å²) < 4.78 is 31.1. The number of benzene rings is 1. The number of Topliss-reactive ketones (excluding diaryl/α,β-unsaturated/α-hetero) is 1. The lowest BCUT2D eigenvalue weighted by Gasteiger charge is -2.18. The summed E-state index contributed by atoms with van der Waals surface area (Å²) in [6.07, 6.45) is 4.03. The van der Waals surface area contributed by atoms with E-state index in [9.17, 15) is 13.2 Å². The minimum absolute atomic E-state index is 0.0458. The van der Waals surface area contributed by atoms with Gasteiger partial charge in [0.2, 0.25) is 0 Å². The van der Waals surface area contributed by atoms with Gasteiger partial charge in [0.05, 0.1) is 28.8 Å². The third-order valence-electron chi connectivity index (χ3n) is 5.45. The monoisotopic (exact) mass is 409 g/mol. The van der Waals surface area contributed by atoms with Crippen molar-refractivity contribution in [3.8, 4) is 5.75 Å². The number of ketones is 1. The van der Waals surface area contributed by atoms with E-state index < -0.39 is 9.84 Å². The Hall–Kier alpha value is -3.00. The lowest BCUT2D eigenvalue weighted by molar-refractivity contribution is 0.100. The quantitative estimate of drug-likeness (QED) is 0.605. The van der Waals surface area contributed by atoms with Crippen molar-refractivity contribution < 1.29 is 17.9 Å². The van der Waals surface area contributed by atoms with Gasteiger partial charge in [-0.05, 0) is 43.2 Å². The molecule has 0 N–H and O–H groups in total. The highest BCUT2D eigenvalue weighted by Gasteiger charge is 2.31. The number of fused-ring (bicyclic) bond motifs is 2. The number of aryl methyl sites for hydroxylation is 1. The normalized spacial score (nSPS) is 22.0. The van der Waals surface area contributed by atoms with Crippen LogP contribution in [0.1, 0.15) is 34.1 Å². The van der Waals surface area contributed by atoms with Gasteiger partial charge in [-0.2, -0.15) is 5.10 Å². The summed E-state index contributed by atoms with van der Waals surface area (Å²) in [7, 11) is -3.01. The third kappa shape index (κ3) is 3.13. The van der Waals surface area contributed by atoms with Crippen molar-refractivity contribution in [1.82, 2.24) is 14.8 Å². The molecule has 1 fully saturated rings. The molecule has 0 bridgehead atoms. The number of hydrogen-bond acceptors (Lipinski definition) is 6. The van der Waals surface area contributed by atoms with Crippen LogP contribution in [0.3, 0.4) is 0 Å².